The number of aryl methyl sites for hydroxylation is 2. The van der Waals surface area contributed by atoms with E-state index in [-0.39, 0.29) is 17.7 Å². The van der Waals surface area contributed by atoms with Crippen molar-refractivity contribution in [1.82, 2.24) is 9.88 Å². The van der Waals surface area contributed by atoms with E-state index in [4.69, 9.17) is 0 Å². The third-order valence-electron chi connectivity index (χ3n) is 4.08. The highest BCUT2D eigenvalue weighted by atomic mass is 32.1. The van der Waals surface area contributed by atoms with Gasteiger partial charge in [0.2, 0.25) is 5.91 Å². The minimum Gasteiger partial charge on any atom is -0.326 e. The number of anilines is 1. The highest BCUT2D eigenvalue weighted by Gasteiger charge is 2.38. The van der Waals surface area contributed by atoms with Gasteiger partial charge in [0.25, 0.3) is 5.91 Å². The zero-order valence-electron chi connectivity index (χ0n) is 16.3. The summed E-state index contributed by atoms with van der Waals surface area (Å²) in [5.41, 5.74) is -3.41. The van der Waals surface area contributed by atoms with E-state index in [2.05, 4.69) is 16.9 Å². The Morgan fingerprint density at radius 1 is 1.10 bits per heavy atom. The van der Waals surface area contributed by atoms with Crippen LogP contribution in [0.1, 0.15) is 32.1 Å². The SMILES string of the molecule is C=CCN(CC(=O)Nc1nc(C)c(C)s1)C(=O)c1cc(C(F)(F)F)cc(C(F)(F)F)c1. The molecule has 1 aromatic heterocycles. The quantitative estimate of drug-likeness (QED) is 0.479. The van der Waals surface area contributed by atoms with Gasteiger partial charge in [0.15, 0.2) is 5.13 Å². The number of nitrogens with zero attached hydrogens (tertiary/aromatic N) is 2. The van der Waals surface area contributed by atoms with E-state index in [1.54, 1.807) is 13.8 Å². The Kier molecular flexibility index (Phi) is 7.14. The van der Waals surface area contributed by atoms with Crippen LogP contribution < -0.4 is 5.32 Å². The van der Waals surface area contributed by atoms with Crippen LogP contribution in [0.4, 0.5) is 31.5 Å². The number of halogens is 6. The van der Waals surface area contributed by atoms with Gasteiger partial charge in [0.1, 0.15) is 6.54 Å². The highest BCUT2D eigenvalue weighted by Crippen LogP contribution is 2.36. The Morgan fingerprint density at radius 2 is 1.65 bits per heavy atom. The fraction of sp³-hybridized carbons (Fsp3) is 0.316. The van der Waals surface area contributed by atoms with Crippen LogP contribution in [0.3, 0.4) is 0 Å². The van der Waals surface area contributed by atoms with E-state index in [1.807, 2.05) is 0 Å². The van der Waals surface area contributed by atoms with Crippen LogP contribution in [0.15, 0.2) is 30.9 Å². The van der Waals surface area contributed by atoms with Gasteiger partial charge < -0.3 is 10.2 Å². The first-order valence-electron chi connectivity index (χ1n) is 8.66. The number of carbonyl (C=O) groups excluding carboxylic acids is 2. The predicted molar refractivity (Wildman–Crippen MR) is 103 cm³/mol. The monoisotopic (exact) mass is 465 g/mol. The molecule has 0 bridgehead atoms. The maximum atomic E-state index is 13.1. The standard InChI is InChI=1S/C19H17F6N3O2S/c1-4-5-28(9-15(29)27-17-26-10(2)11(3)31-17)16(30)12-6-13(18(20,21)22)8-14(7-12)19(23,24)25/h4,6-8H,1,5,9H2,2-3H3,(H,26,27,29). The van der Waals surface area contributed by atoms with Gasteiger partial charge in [-0.1, -0.05) is 6.08 Å². The van der Waals surface area contributed by atoms with Crippen molar-refractivity contribution in [2.75, 3.05) is 18.4 Å². The first-order valence-corrected chi connectivity index (χ1v) is 9.47. The third-order valence-corrected chi connectivity index (χ3v) is 5.07. The molecule has 0 aliphatic carbocycles. The lowest BCUT2D eigenvalue weighted by Gasteiger charge is -2.22. The van der Waals surface area contributed by atoms with Crippen molar-refractivity contribution in [3.63, 3.8) is 0 Å². The number of aromatic nitrogens is 1. The second-order valence-corrected chi connectivity index (χ2v) is 7.68. The Bertz CT molecular complexity index is 946. The second kappa shape index (κ2) is 9.08. The van der Waals surface area contributed by atoms with Gasteiger partial charge in [-0.15, -0.1) is 17.9 Å². The minimum atomic E-state index is -5.10. The summed E-state index contributed by atoms with van der Waals surface area (Å²) >= 11 is 1.18. The summed E-state index contributed by atoms with van der Waals surface area (Å²) in [7, 11) is 0. The van der Waals surface area contributed by atoms with Crippen LogP contribution in [-0.4, -0.2) is 34.8 Å². The number of nitrogens with one attached hydrogen (secondary N) is 1. The van der Waals surface area contributed by atoms with Crippen LogP contribution in [0, 0.1) is 13.8 Å². The van der Waals surface area contributed by atoms with Crippen molar-refractivity contribution in [3.05, 3.63) is 58.1 Å². The number of carbonyl (C=O) groups is 2. The lowest BCUT2D eigenvalue weighted by Crippen LogP contribution is -2.38. The summed E-state index contributed by atoms with van der Waals surface area (Å²) in [4.78, 5) is 30.7. The van der Waals surface area contributed by atoms with Gasteiger partial charge in [-0.25, -0.2) is 4.98 Å². The molecule has 0 atom stereocenters. The van der Waals surface area contributed by atoms with E-state index in [0.717, 1.165) is 9.78 Å². The highest BCUT2D eigenvalue weighted by molar-refractivity contribution is 7.15. The molecule has 0 aliphatic rings. The molecule has 0 saturated heterocycles. The molecule has 0 radical (unpaired) electrons. The Labute approximate surface area is 177 Å². The molecule has 2 amide bonds. The topological polar surface area (TPSA) is 62.3 Å². The van der Waals surface area contributed by atoms with Crippen LogP contribution in [0.5, 0.6) is 0 Å². The summed E-state index contributed by atoms with van der Waals surface area (Å²) in [6, 6.07) is 0.562. The number of thiazole rings is 1. The average Bonchev–Trinajstić information content (AvgIpc) is 2.95. The minimum absolute atomic E-state index is 0.0749. The number of benzene rings is 1. The van der Waals surface area contributed by atoms with Gasteiger partial charge in [-0.3, -0.25) is 9.59 Å². The first kappa shape index (κ1) is 24.4. The molecule has 0 unspecified atom stereocenters. The molecular formula is C19H17F6N3O2S. The number of alkyl halides is 6. The van der Waals surface area contributed by atoms with Gasteiger partial charge >= 0.3 is 12.4 Å². The summed E-state index contributed by atoms with van der Waals surface area (Å²) < 4.78 is 78.3. The van der Waals surface area contributed by atoms with Gasteiger partial charge in [0.05, 0.1) is 16.8 Å². The van der Waals surface area contributed by atoms with Crippen molar-refractivity contribution < 1.29 is 35.9 Å². The van der Waals surface area contributed by atoms with E-state index in [9.17, 15) is 35.9 Å². The third kappa shape index (κ3) is 6.29. The zero-order valence-corrected chi connectivity index (χ0v) is 17.1. The van der Waals surface area contributed by atoms with Crippen LogP contribution in [0.25, 0.3) is 0 Å². The van der Waals surface area contributed by atoms with Crippen LogP contribution >= 0.6 is 11.3 Å². The van der Waals surface area contributed by atoms with E-state index < -0.39 is 47.4 Å². The number of hydrogen-bond acceptors (Lipinski definition) is 4. The maximum absolute atomic E-state index is 13.1. The van der Waals surface area contributed by atoms with Gasteiger partial charge in [-0.05, 0) is 32.0 Å². The first-order chi connectivity index (χ1) is 14.2. The van der Waals surface area contributed by atoms with E-state index >= 15 is 0 Å². The van der Waals surface area contributed by atoms with Crippen molar-refractivity contribution >= 4 is 28.3 Å². The van der Waals surface area contributed by atoms with Gasteiger partial charge in [-0.2, -0.15) is 26.3 Å². The normalized spacial score (nSPS) is 11.9. The van der Waals surface area contributed by atoms with Crippen molar-refractivity contribution in [3.8, 4) is 0 Å². The molecule has 1 N–H and O–H groups in total. The molecule has 0 aliphatic heterocycles. The molecular weight excluding hydrogens is 448 g/mol. The van der Waals surface area contributed by atoms with E-state index in [0.29, 0.717) is 17.8 Å². The van der Waals surface area contributed by atoms with Crippen molar-refractivity contribution in [1.29, 1.82) is 0 Å². The largest absolute Gasteiger partial charge is 0.416 e. The van der Waals surface area contributed by atoms with Crippen molar-refractivity contribution in [2.45, 2.75) is 26.2 Å². The summed E-state index contributed by atoms with van der Waals surface area (Å²) in [5.74, 6) is -1.90. The Balaban J connectivity index is 2.33. The summed E-state index contributed by atoms with van der Waals surface area (Å²) in [5, 5.41) is 2.70. The van der Waals surface area contributed by atoms with Crippen molar-refractivity contribution in [2.24, 2.45) is 0 Å². The second-order valence-electron chi connectivity index (χ2n) is 6.48. The Hall–Kier alpha value is -2.89. The molecule has 0 fully saturated rings. The Morgan fingerprint density at radius 3 is 2.06 bits per heavy atom. The molecule has 1 heterocycles. The fourth-order valence-corrected chi connectivity index (χ4v) is 3.33. The lowest BCUT2D eigenvalue weighted by molar-refractivity contribution is -0.143. The molecule has 2 rings (SSSR count). The fourth-order valence-electron chi connectivity index (χ4n) is 2.49. The predicted octanol–water partition coefficient (Wildman–Crippen LogP) is 5.06. The van der Waals surface area contributed by atoms with E-state index in [1.165, 1.54) is 17.4 Å². The molecule has 168 valence electrons. The van der Waals surface area contributed by atoms with Crippen LogP contribution in [0.2, 0.25) is 0 Å². The molecule has 1 aromatic carbocycles. The molecule has 0 spiro atoms. The van der Waals surface area contributed by atoms with Gasteiger partial charge in [0, 0.05) is 17.0 Å². The summed E-state index contributed by atoms with van der Waals surface area (Å²) in [6.45, 7) is 6.00. The number of hydrogen-bond donors (Lipinski definition) is 1. The zero-order chi connectivity index (χ0) is 23.6. The maximum Gasteiger partial charge on any atom is 0.416 e. The summed E-state index contributed by atoms with van der Waals surface area (Å²) in [6.07, 6.45) is -9.00. The molecule has 2 aromatic rings. The molecule has 12 heteroatoms. The molecule has 31 heavy (non-hydrogen) atoms. The number of amides is 2. The van der Waals surface area contributed by atoms with Crippen LogP contribution in [-0.2, 0) is 17.1 Å². The molecule has 5 nitrogen and oxygen atoms in total. The smallest absolute Gasteiger partial charge is 0.326 e. The molecule has 0 saturated carbocycles. The lowest BCUT2D eigenvalue weighted by atomic mass is 10.0. The average molecular weight is 465 g/mol. The number of rotatable bonds is 6.